The van der Waals surface area contributed by atoms with Crippen molar-refractivity contribution in [1.29, 1.82) is 0 Å². The van der Waals surface area contributed by atoms with E-state index in [-0.39, 0.29) is 5.97 Å². The quantitative estimate of drug-likeness (QED) is 0.822. The predicted octanol–water partition coefficient (Wildman–Crippen LogP) is 3.06. The molecule has 3 nitrogen and oxygen atoms in total. The first-order valence-corrected chi connectivity index (χ1v) is 5.64. The summed E-state index contributed by atoms with van der Waals surface area (Å²) in [7, 11) is 1.81. The maximum Gasteiger partial charge on any atom is 0.340 e. The van der Waals surface area contributed by atoms with Crippen LogP contribution in [0.1, 0.15) is 17.3 Å². The van der Waals surface area contributed by atoms with E-state index in [0.29, 0.717) is 12.2 Å². The summed E-state index contributed by atoms with van der Waals surface area (Å²) >= 11 is 0. The van der Waals surface area contributed by atoms with Crippen LogP contribution >= 0.6 is 0 Å². The fraction of sp³-hybridized carbons (Fsp3) is 0.214. The number of fused-ring (bicyclic) bond motifs is 1. The summed E-state index contributed by atoms with van der Waals surface area (Å²) in [6.07, 6.45) is 0. The summed E-state index contributed by atoms with van der Waals surface area (Å²) < 4.78 is 5.04. The van der Waals surface area contributed by atoms with Gasteiger partial charge in [0.05, 0.1) is 17.9 Å². The Morgan fingerprint density at radius 1 is 1.24 bits per heavy atom. The number of rotatable bonds is 3. The van der Waals surface area contributed by atoms with E-state index < -0.39 is 0 Å². The zero-order chi connectivity index (χ0) is 12.3. The molecule has 2 rings (SSSR count). The molecule has 0 aliphatic heterocycles. The van der Waals surface area contributed by atoms with Gasteiger partial charge in [0, 0.05) is 12.4 Å². The molecule has 3 heteroatoms. The molecule has 0 saturated carbocycles. The molecule has 2 aromatic rings. The number of ether oxygens (including phenoxy) is 1. The SMILES string of the molecule is CCOC(=O)c1ccc2ccccc2c1NC. The maximum atomic E-state index is 11.8. The molecule has 0 radical (unpaired) electrons. The van der Waals surface area contributed by atoms with Gasteiger partial charge in [0.25, 0.3) is 0 Å². The molecule has 1 N–H and O–H groups in total. The van der Waals surface area contributed by atoms with Crippen molar-refractivity contribution in [3.05, 3.63) is 42.0 Å². The summed E-state index contributed by atoms with van der Waals surface area (Å²) in [6, 6.07) is 11.7. The normalized spacial score (nSPS) is 10.2. The molecule has 0 fully saturated rings. The van der Waals surface area contributed by atoms with Gasteiger partial charge in [-0.15, -0.1) is 0 Å². The van der Waals surface area contributed by atoms with E-state index in [1.54, 1.807) is 13.0 Å². The van der Waals surface area contributed by atoms with Crippen LogP contribution in [0, 0.1) is 0 Å². The topological polar surface area (TPSA) is 38.3 Å². The summed E-state index contributed by atoms with van der Waals surface area (Å²) in [5, 5.41) is 5.21. The van der Waals surface area contributed by atoms with Crippen molar-refractivity contribution in [2.45, 2.75) is 6.92 Å². The Hall–Kier alpha value is -2.03. The summed E-state index contributed by atoms with van der Waals surface area (Å²) in [5.74, 6) is -0.289. The van der Waals surface area contributed by atoms with E-state index in [2.05, 4.69) is 5.32 Å². The third-order valence-electron chi connectivity index (χ3n) is 2.67. The van der Waals surface area contributed by atoms with Crippen LogP contribution in [0.4, 0.5) is 5.69 Å². The molecule has 0 aromatic heterocycles. The van der Waals surface area contributed by atoms with Crippen LogP contribution < -0.4 is 5.32 Å². The van der Waals surface area contributed by atoms with Crippen LogP contribution in [-0.2, 0) is 4.74 Å². The van der Waals surface area contributed by atoms with Crippen LogP contribution in [0.15, 0.2) is 36.4 Å². The van der Waals surface area contributed by atoms with Gasteiger partial charge in [-0.2, -0.15) is 0 Å². The number of carbonyl (C=O) groups excluding carboxylic acids is 1. The van der Waals surface area contributed by atoms with E-state index >= 15 is 0 Å². The Labute approximate surface area is 100 Å². The zero-order valence-electron chi connectivity index (χ0n) is 9.99. The second-order valence-electron chi connectivity index (χ2n) is 3.68. The number of anilines is 1. The smallest absolute Gasteiger partial charge is 0.340 e. The number of hydrogen-bond donors (Lipinski definition) is 1. The first-order valence-electron chi connectivity index (χ1n) is 5.64. The minimum absolute atomic E-state index is 0.289. The average Bonchev–Trinajstić information content (AvgIpc) is 2.37. The predicted molar refractivity (Wildman–Crippen MR) is 69.5 cm³/mol. The van der Waals surface area contributed by atoms with Crippen LogP contribution in [0.5, 0.6) is 0 Å². The molecule has 0 unspecified atom stereocenters. The van der Waals surface area contributed by atoms with Crippen LogP contribution in [0.3, 0.4) is 0 Å². The maximum absolute atomic E-state index is 11.8. The number of nitrogens with one attached hydrogen (secondary N) is 1. The molecule has 0 amide bonds. The van der Waals surface area contributed by atoms with Crippen molar-refractivity contribution >= 4 is 22.4 Å². The Morgan fingerprint density at radius 2 is 2.00 bits per heavy atom. The van der Waals surface area contributed by atoms with Crippen molar-refractivity contribution in [3.8, 4) is 0 Å². The van der Waals surface area contributed by atoms with Gasteiger partial charge in [0.2, 0.25) is 0 Å². The Balaban J connectivity index is 2.60. The molecule has 2 aromatic carbocycles. The lowest BCUT2D eigenvalue weighted by Crippen LogP contribution is -2.08. The van der Waals surface area contributed by atoms with Crippen molar-refractivity contribution in [3.63, 3.8) is 0 Å². The van der Waals surface area contributed by atoms with Gasteiger partial charge in [0.1, 0.15) is 0 Å². The second kappa shape index (κ2) is 4.87. The Kier molecular flexibility index (Phi) is 3.28. The van der Waals surface area contributed by atoms with Crippen molar-refractivity contribution in [2.24, 2.45) is 0 Å². The van der Waals surface area contributed by atoms with Gasteiger partial charge in [-0.25, -0.2) is 4.79 Å². The highest BCUT2D eigenvalue weighted by molar-refractivity contribution is 6.06. The summed E-state index contributed by atoms with van der Waals surface area (Å²) in [5.41, 5.74) is 1.40. The van der Waals surface area contributed by atoms with Gasteiger partial charge in [-0.1, -0.05) is 30.3 Å². The molecule has 0 aliphatic rings. The van der Waals surface area contributed by atoms with Crippen molar-refractivity contribution in [2.75, 3.05) is 19.0 Å². The van der Waals surface area contributed by atoms with Gasteiger partial charge in [0.15, 0.2) is 0 Å². The van der Waals surface area contributed by atoms with Gasteiger partial charge < -0.3 is 10.1 Å². The Bertz CT molecular complexity index is 549. The molecular weight excluding hydrogens is 214 g/mol. The molecule has 88 valence electrons. The van der Waals surface area contributed by atoms with Crippen LogP contribution in [0.2, 0.25) is 0 Å². The van der Waals surface area contributed by atoms with Gasteiger partial charge >= 0.3 is 5.97 Å². The van der Waals surface area contributed by atoms with Crippen molar-refractivity contribution in [1.82, 2.24) is 0 Å². The highest BCUT2D eigenvalue weighted by atomic mass is 16.5. The fourth-order valence-electron chi connectivity index (χ4n) is 1.92. The van der Waals surface area contributed by atoms with Crippen molar-refractivity contribution < 1.29 is 9.53 Å². The number of esters is 1. The lowest BCUT2D eigenvalue weighted by molar-refractivity contribution is 0.0527. The van der Waals surface area contributed by atoms with E-state index in [4.69, 9.17) is 4.74 Å². The van der Waals surface area contributed by atoms with E-state index in [9.17, 15) is 4.79 Å². The highest BCUT2D eigenvalue weighted by Gasteiger charge is 2.13. The molecule has 0 aliphatic carbocycles. The van der Waals surface area contributed by atoms with Crippen LogP contribution in [0.25, 0.3) is 10.8 Å². The molecule has 0 spiro atoms. The molecule has 0 saturated heterocycles. The molecule has 0 bridgehead atoms. The van der Waals surface area contributed by atoms with Gasteiger partial charge in [-0.05, 0) is 18.4 Å². The van der Waals surface area contributed by atoms with E-state index in [0.717, 1.165) is 16.5 Å². The molecule has 0 atom stereocenters. The first-order chi connectivity index (χ1) is 8.27. The fourth-order valence-corrected chi connectivity index (χ4v) is 1.92. The lowest BCUT2D eigenvalue weighted by atomic mass is 10.0. The number of hydrogen-bond acceptors (Lipinski definition) is 3. The highest BCUT2D eigenvalue weighted by Crippen LogP contribution is 2.27. The lowest BCUT2D eigenvalue weighted by Gasteiger charge is -2.11. The Morgan fingerprint density at radius 3 is 2.71 bits per heavy atom. The minimum Gasteiger partial charge on any atom is -0.462 e. The molecule has 0 heterocycles. The average molecular weight is 229 g/mol. The standard InChI is InChI=1S/C14H15NO2/c1-3-17-14(16)12-9-8-10-6-4-5-7-11(10)13(12)15-2/h4-9,15H,3H2,1-2H3. The monoisotopic (exact) mass is 229 g/mol. The zero-order valence-corrected chi connectivity index (χ0v) is 9.99. The second-order valence-corrected chi connectivity index (χ2v) is 3.68. The first kappa shape index (κ1) is 11.5. The number of carbonyl (C=O) groups is 1. The summed E-state index contributed by atoms with van der Waals surface area (Å²) in [6.45, 7) is 2.19. The van der Waals surface area contributed by atoms with E-state index in [1.807, 2.05) is 37.4 Å². The van der Waals surface area contributed by atoms with Gasteiger partial charge in [-0.3, -0.25) is 0 Å². The summed E-state index contributed by atoms with van der Waals surface area (Å²) in [4.78, 5) is 11.8. The molecule has 17 heavy (non-hydrogen) atoms. The van der Waals surface area contributed by atoms with E-state index in [1.165, 1.54) is 0 Å². The van der Waals surface area contributed by atoms with Crippen LogP contribution in [-0.4, -0.2) is 19.6 Å². The number of benzene rings is 2. The minimum atomic E-state index is -0.289. The third-order valence-corrected chi connectivity index (χ3v) is 2.67. The molecular formula is C14H15NO2. The third kappa shape index (κ3) is 2.09. The largest absolute Gasteiger partial charge is 0.462 e.